The molecule has 2 rings (SSSR count). The predicted octanol–water partition coefficient (Wildman–Crippen LogP) is 3.54. The smallest absolute Gasteiger partial charge is 0.261 e. The Labute approximate surface area is 136 Å². The van der Waals surface area contributed by atoms with Crippen molar-refractivity contribution in [2.24, 2.45) is 0 Å². The number of nitrogens with zero attached hydrogens (tertiary/aromatic N) is 1. The fourth-order valence-corrected chi connectivity index (χ4v) is 2.99. The standard InChI is InChI=1S/C17H18N2O3S/c1-17(2,3)22-14-8-10-15(11-9-14)23(20,21)19-16-7-5-4-6-13(16)12-18/h4-11,19H,1-3H3. The number of hydrogen-bond acceptors (Lipinski definition) is 4. The van der Waals surface area contributed by atoms with E-state index in [1.54, 1.807) is 36.4 Å². The Morgan fingerprint density at radius 3 is 2.22 bits per heavy atom. The van der Waals surface area contributed by atoms with Crippen LogP contribution in [0.3, 0.4) is 0 Å². The minimum atomic E-state index is -3.76. The summed E-state index contributed by atoms with van der Waals surface area (Å²) in [4.78, 5) is 0.103. The first-order chi connectivity index (χ1) is 10.7. The molecule has 0 aliphatic heterocycles. The molecule has 6 heteroatoms. The first kappa shape index (κ1) is 16.8. The van der Waals surface area contributed by atoms with Crippen LogP contribution >= 0.6 is 0 Å². The van der Waals surface area contributed by atoms with E-state index in [2.05, 4.69) is 4.72 Å². The van der Waals surface area contributed by atoms with E-state index < -0.39 is 10.0 Å². The van der Waals surface area contributed by atoms with Crippen molar-refractivity contribution < 1.29 is 13.2 Å². The molecule has 0 atom stereocenters. The van der Waals surface area contributed by atoms with Crippen LogP contribution in [0.25, 0.3) is 0 Å². The van der Waals surface area contributed by atoms with Gasteiger partial charge < -0.3 is 4.74 Å². The average Bonchev–Trinajstić information content (AvgIpc) is 2.46. The maximum absolute atomic E-state index is 12.4. The van der Waals surface area contributed by atoms with Gasteiger partial charge >= 0.3 is 0 Å². The summed E-state index contributed by atoms with van der Waals surface area (Å²) >= 11 is 0. The van der Waals surface area contributed by atoms with Gasteiger partial charge in [-0.05, 0) is 57.2 Å². The van der Waals surface area contributed by atoms with Crippen molar-refractivity contribution >= 4 is 15.7 Å². The summed E-state index contributed by atoms with van der Waals surface area (Å²) in [6, 6.07) is 14.6. The SMILES string of the molecule is CC(C)(C)Oc1ccc(S(=O)(=O)Nc2ccccc2C#N)cc1. The van der Waals surface area contributed by atoms with Gasteiger partial charge in [-0.2, -0.15) is 5.26 Å². The van der Waals surface area contributed by atoms with Crippen LogP contribution in [0.4, 0.5) is 5.69 Å². The molecule has 2 aromatic rings. The fourth-order valence-electron chi connectivity index (χ4n) is 1.91. The number of benzene rings is 2. The van der Waals surface area contributed by atoms with Crippen molar-refractivity contribution in [2.45, 2.75) is 31.3 Å². The molecule has 0 amide bonds. The van der Waals surface area contributed by atoms with E-state index in [1.165, 1.54) is 12.1 Å². The highest BCUT2D eigenvalue weighted by Gasteiger charge is 2.17. The lowest BCUT2D eigenvalue weighted by Gasteiger charge is -2.21. The lowest BCUT2D eigenvalue weighted by molar-refractivity contribution is 0.131. The van der Waals surface area contributed by atoms with Gasteiger partial charge in [-0.15, -0.1) is 0 Å². The number of hydrogen-bond donors (Lipinski definition) is 1. The van der Waals surface area contributed by atoms with Gasteiger partial charge in [0, 0.05) is 0 Å². The Morgan fingerprint density at radius 1 is 1.04 bits per heavy atom. The van der Waals surface area contributed by atoms with Crippen molar-refractivity contribution in [1.29, 1.82) is 5.26 Å². The third kappa shape index (κ3) is 4.47. The summed E-state index contributed by atoms with van der Waals surface area (Å²) in [5.74, 6) is 0.592. The zero-order valence-electron chi connectivity index (χ0n) is 13.2. The van der Waals surface area contributed by atoms with Gasteiger partial charge in [0.15, 0.2) is 0 Å². The van der Waals surface area contributed by atoms with E-state index in [-0.39, 0.29) is 21.7 Å². The molecule has 23 heavy (non-hydrogen) atoms. The Morgan fingerprint density at radius 2 is 1.65 bits per heavy atom. The lowest BCUT2D eigenvalue weighted by atomic mass is 10.2. The molecule has 120 valence electrons. The molecule has 0 bridgehead atoms. The number of nitriles is 1. The second kappa shape index (κ2) is 6.31. The van der Waals surface area contributed by atoms with E-state index in [1.807, 2.05) is 26.8 Å². The summed E-state index contributed by atoms with van der Waals surface area (Å²) in [5, 5.41) is 9.03. The molecule has 0 heterocycles. The molecule has 0 aliphatic rings. The number of ether oxygens (including phenoxy) is 1. The molecule has 0 radical (unpaired) electrons. The molecule has 0 aliphatic carbocycles. The number of nitrogens with one attached hydrogen (secondary N) is 1. The van der Waals surface area contributed by atoms with Gasteiger partial charge in [0.1, 0.15) is 17.4 Å². The van der Waals surface area contributed by atoms with E-state index in [0.29, 0.717) is 5.75 Å². The third-order valence-electron chi connectivity index (χ3n) is 2.85. The van der Waals surface area contributed by atoms with Crippen LogP contribution in [0.5, 0.6) is 5.75 Å². The molecule has 0 saturated carbocycles. The van der Waals surface area contributed by atoms with Gasteiger partial charge in [0.05, 0.1) is 16.1 Å². The van der Waals surface area contributed by atoms with Crippen molar-refractivity contribution in [3.8, 4) is 11.8 Å². The summed E-state index contributed by atoms with van der Waals surface area (Å²) < 4.78 is 32.9. The van der Waals surface area contributed by atoms with E-state index in [4.69, 9.17) is 10.00 Å². The predicted molar refractivity (Wildman–Crippen MR) is 88.8 cm³/mol. The van der Waals surface area contributed by atoms with E-state index in [0.717, 1.165) is 0 Å². The van der Waals surface area contributed by atoms with Gasteiger partial charge in [-0.1, -0.05) is 12.1 Å². The maximum atomic E-state index is 12.4. The Bertz CT molecular complexity index is 829. The van der Waals surface area contributed by atoms with Crippen LogP contribution in [0.15, 0.2) is 53.4 Å². The monoisotopic (exact) mass is 330 g/mol. The minimum Gasteiger partial charge on any atom is -0.488 e. The van der Waals surface area contributed by atoms with Crippen LogP contribution in [-0.2, 0) is 10.0 Å². The Hall–Kier alpha value is -2.52. The first-order valence-electron chi connectivity index (χ1n) is 7.02. The molecular weight excluding hydrogens is 312 g/mol. The molecule has 0 fully saturated rings. The molecule has 0 aromatic heterocycles. The van der Waals surface area contributed by atoms with Gasteiger partial charge in [-0.25, -0.2) is 8.42 Å². The molecule has 0 unspecified atom stereocenters. The maximum Gasteiger partial charge on any atom is 0.261 e. The van der Waals surface area contributed by atoms with Crippen molar-refractivity contribution in [3.05, 3.63) is 54.1 Å². The number of anilines is 1. The van der Waals surface area contributed by atoms with E-state index in [9.17, 15) is 8.42 Å². The zero-order chi connectivity index (χ0) is 17.1. The van der Waals surface area contributed by atoms with Crippen LogP contribution in [-0.4, -0.2) is 14.0 Å². The highest BCUT2D eigenvalue weighted by atomic mass is 32.2. The van der Waals surface area contributed by atoms with Crippen molar-refractivity contribution in [2.75, 3.05) is 4.72 Å². The highest BCUT2D eigenvalue weighted by molar-refractivity contribution is 7.92. The van der Waals surface area contributed by atoms with Crippen molar-refractivity contribution in [3.63, 3.8) is 0 Å². The van der Waals surface area contributed by atoms with Gasteiger partial charge in [0.2, 0.25) is 0 Å². The average molecular weight is 330 g/mol. The number of sulfonamides is 1. The topological polar surface area (TPSA) is 79.2 Å². The summed E-state index contributed by atoms with van der Waals surface area (Å²) in [6.07, 6.45) is 0. The van der Waals surface area contributed by atoms with Crippen LogP contribution in [0.2, 0.25) is 0 Å². The second-order valence-corrected chi connectivity index (χ2v) is 7.63. The molecular formula is C17H18N2O3S. The second-order valence-electron chi connectivity index (χ2n) is 5.95. The normalized spacial score (nSPS) is 11.6. The van der Waals surface area contributed by atoms with E-state index >= 15 is 0 Å². The molecule has 1 N–H and O–H groups in total. The van der Waals surface area contributed by atoms with Crippen LogP contribution in [0, 0.1) is 11.3 Å². The Balaban J connectivity index is 2.25. The van der Waals surface area contributed by atoms with Crippen molar-refractivity contribution in [1.82, 2.24) is 0 Å². The third-order valence-corrected chi connectivity index (χ3v) is 4.23. The van der Waals surface area contributed by atoms with Gasteiger partial charge in [0.25, 0.3) is 10.0 Å². The summed E-state index contributed by atoms with van der Waals surface area (Å²) in [6.45, 7) is 5.74. The van der Waals surface area contributed by atoms with Crippen LogP contribution in [0.1, 0.15) is 26.3 Å². The minimum absolute atomic E-state index is 0.103. The largest absolute Gasteiger partial charge is 0.488 e. The summed E-state index contributed by atoms with van der Waals surface area (Å²) in [5.41, 5.74) is 0.165. The lowest BCUT2D eigenvalue weighted by Crippen LogP contribution is -2.23. The molecule has 2 aromatic carbocycles. The molecule has 5 nitrogen and oxygen atoms in total. The quantitative estimate of drug-likeness (QED) is 0.930. The fraction of sp³-hybridized carbons (Fsp3) is 0.235. The summed E-state index contributed by atoms with van der Waals surface area (Å²) in [7, 11) is -3.76. The van der Waals surface area contributed by atoms with Crippen LogP contribution < -0.4 is 9.46 Å². The highest BCUT2D eigenvalue weighted by Crippen LogP contribution is 2.23. The molecule has 0 spiro atoms. The molecule has 0 saturated heterocycles. The first-order valence-corrected chi connectivity index (χ1v) is 8.51. The number of rotatable bonds is 4. The number of para-hydroxylation sites is 1. The zero-order valence-corrected chi connectivity index (χ0v) is 14.0. The van der Waals surface area contributed by atoms with Gasteiger partial charge in [-0.3, -0.25) is 4.72 Å². The Kier molecular flexibility index (Phi) is 4.62.